The molecule has 0 spiro atoms. The van der Waals surface area contributed by atoms with Gasteiger partial charge in [0.2, 0.25) is 17.7 Å². The third kappa shape index (κ3) is 5.75. The molecular formula is C15H16F3N3O3. The van der Waals surface area contributed by atoms with Gasteiger partial charge in [-0.3, -0.25) is 14.4 Å². The lowest BCUT2D eigenvalue weighted by Crippen LogP contribution is -2.42. The molecule has 4 N–H and O–H groups in total. The second kappa shape index (κ2) is 7.62. The summed E-state index contributed by atoms with van der Waals surface area (Å²) in [6.45, 7) is 0.504. The van der Waals surface area contributed by atoms with Gasteiger partial charge < -0.3 is 16.4 Å². The van der Waals surface area contributed by atoms with Crippen LogP contribution in [0, 0.1) is 0 Å². The smallest absolute Gasteiger partial charge is 0.368 e. The molecule has 0 radical (unpaired) electrons. The number of nitrogens with zero attached hydrogens (tertiary/aromatic N) is 1. The maximum absolute atomic E-state index is 12.5. The van der Waals surface area contributed by atoms with Crippen LogP contribution in [0.2, 0.25) is 0 Å². The van der Waals surface area contributed by atoms with Gasteiger partial charge in [0.05, 0.1) is 5.56 Å². The molecule has 1 aromatic carbocycles. The van der Waals surface area contributed by atoms with Crippen LogP contribution in [-0.2, 0) is 20.6 Å². The van der Waals surface area contributed by atoms with E-state index in [-0.39, 0.29) is 0 Å². The molecule has 0 heterocycles. The van der Waals surface area contributed by atoms with Gasteiger partial charge in [0.25, 0.3) is 0 Å². The average Bonchev–Trinajstić information content (AvgIpc) is 2.44. The number of amides is 3. The number of hydrogen-bond acceptors (Lipinski definition) is 3. The van der Waals surface area contributed by atoms with Gasteiger partial charge in [-0.25, -0.2) is 0 Å². The molecule has 0 aliphatic rings. The molecule has 0 bridgehead atoms. The highest BCUT2D eigenvalue weighted by Crippen LogP contribution is 2.30. The van der Waals surface area contributed by atoms with Crippen molar-refractivity contribution in [1.29, 1.82) is 0 Å². The van der Waals surface area contributed by atoms with Gasteiger partial charge in [-0.2, -0.15) is 13.2 Å². The quantitative estimate of drug-likeness (QED) is 0.750. The predicted molar refractivity (Wildman–Crippen MR) is 80.1 cm³/mol. The Morgan fingerprint density at radius 3 is 1.88 bits per heavy atom. The van der Waals surface area contributed by atoms with E-state index < -0.39 is 42.6 Å². The topological polar surface area (TPSA) is 106 Å². The molecular weight excluding hydrogens is 327 g/mol. The minimum absolute atomic E-state index is 0.354. The summed E-state index contributed by atoms with van der Waals surface area (Å²) in [5, 5.41) is 0. The molecule has 0 atom stereocenters. The van der Waals surface area contributed by atoms with Gasteiger partial charge >= 0.3 is 6.18 Å². The van der Waals surface area contributed by atoms with Gasteiger partial charge in [-0.15, -0.1) is 0 Å². The van der Waals surface area contributed by atoms with Crippen molar-refractivity contribution in [2.24, 2.45) is 11.5 Å². The lowest BCUT2D eigenvalue weighted by atomic mass is 10.0. The van der Waals surface area contributed by atoms with Crippen molar-refractivity contribution in [2.75, 3.05) is 13.1 Å². The predicted octanol–water partition coefficient (Wildman–Crippen LogP) is 0.908. The molecule has 130 valence electrons. The first-order chi connectivity index (χ1) is 11.0. The van der Waals surface area contributed by atoms with Gasteiger partial charge in [-0.05, 0) is 30.2 Å². The number of alkyl halides is 3. The Bertz CT molecular complexity index is 651. The molecule has 3 amide bonds. The minimum Gasteiger partial charge on any atom is -0.368 e. The first-order valence-corrected chi connectivity index (χ1v) is 6.72. The molecule has 0 aliphatic heterocycles. The van der Waals surface area contributed by atoms with Gasteiger partial charge in [0, 0.05) is 6.08 Å². The number of nitrogens with two attached hydrogens (primary N) is 2. The van der Waals surface area contributed by atoms with E-state index in [2.05, 4.69) is 0 Å². The van der Waals surface area contributed by atoms with E-state index in [1.54, 1.807) is 0 Å². The minimum atomic E-state index is -4.45. The monoisotopic (exact) mass is 343 g/mol. The van der Waals surface area contributed by atoms with E-state index in [1.807, 2.05) is 0 Å². The normalized spacial score (nSPS) is 11.9. The summed E-state index contributed by atoms with van der Waals surface area (Å²) in [6.07, 6.45) is -3.36. The Kier molecular flexibility index (Phi) is 6.10. The Hall–Kier alpha value is -2.84. The molecule has 0 fully saturated rings. The van der Waals surface area contributed by atoms with Crippen LogP contribution in [0.5, 0.6) is 0 Å². The zero-order valence-corrected chi connectivity index (χ0v) is 12.8. The van der Waals surface area contributed by atoms with Gasteiger partial charge in [-0.1, -0.05) is 12.1 Å². The van der Waals surface area contributed by atoms with Crippen LogP contribution in [0.25, 0.3) is 5.57 Å². The van der Waals surface area contributed by atoms with Crippen molar-refractivity contribution in [3.05, 3.63) is 41.5 Å². The zero-order chi connectivity index (χ0) is 18.5. The van der Waals surface area contributed by atoms with Crippen LogP contribution in [0.3, 0.4) is 0 Å². The first-order valence-electron chi connectivity index (χ1n) is 6.72. The van der Waals surface area contributed by atoms with Crippen LogP contribution in [0.15, 0.2) is 30.3 Å². The fourth-order valence-corrected chi connectivity index (χ4v) is 1.87. The summed E-state index contributed by atoms with van der Waals surface area (Å²) >= 11 is 0. The van der Waals surface area contributed by atoms with Crippen LogP contribution in [0.1, 0.15) is 18.1 Å². The highest BCUT2D eigenvalue weighted by molar-refractivity contribution is 5.98. The van der Waals surface area contributed by atoms with Crippen LogP contribution < -0.4 is 11.5 Å². The number of hydrogen-bond donors (Lipinski definition) is 2. The lowest BCUT2D eigenvalue weighted by molar-refractivity contribution is -0.137. The maximum Gasteiger partial charge on any atom is 0.416 e. The molecule has 0 saturated carbocycles. The van der Waals surface area contributed by atoms with Crippen LogP contribution in [-0.4, -0.2) is 35.7 Å². The van der Waals surface area contributed by atoms with Gasteiger partial charge in [0.15, 0.2) is 0 Å². The molecule has 1 aromatic rings. The molecule has 0 unspecified atom stereocenters. The van der Waals surface area contributed by atoms with E-state index in [0.29, 0.717) is 11.1 Å². The molecule has 0 aromatic heterocycles. The van der Waals surface area contributed by atoms with Gasteiger partial charge in [0.1, 0.15) is 13.1 Å². The Balaban J connectivity index is 2.98. The van der Waals surface area contributed by atoms with E-state index in [1.165, 1.54) is 19.1 Å². The summed E-state index contributed by atoms with van der Waals surface area (Å²) in [5.74, 6) is -2.36. The van der Waals surface area contributed by atoms with E-state index >= 15 is 0 Å². The van der Waals surface area contributed by atoms with E-state index in [0.717, 1.165) is 23.1 Å². The Morgan fingerprint density at radius 1 is 1.04 bits per heavy atom. The largest absolute Gasteiger partial charge is 0.416 e. The zero-order valence-electron chi connectivity index (χ0n) is 12.8. The fraction of sp³-hybridized carbons (Fsp3) is 0.267. The van der Waals surface area contributed by atoms with Crippen molar-refractivity contribution in [3.63, 3.8) is 0 Å². The molecule has 0 saturated heterocycles. The number of primary amides is 2. The molecule has 24 heavy (non-hydrogen) atoms. The third-order valence-electron chi connectivity index (χ3n) is 3.01. The second-order valence-corrected chi connectivity index (χ2v) is 5.03. The van der Waals surface area contributed by atoms with E-state index in [9.17, 15) is 27.6 Å². The van der Waals surface area contributed by atoms with Crippen molar-refractivity contribution in [2.45, 2.75) is 13.1 Å². The lowest BCUT2D eigenvalue weighted by Gasteiger charge is -2.18. The standard InChI is InChI=1S/C15H16F3N3O3/c1-9(10-2-4-11(5-3-10)15(16,17)18)6-14(24)21(7-12(19)22)8-13(20)23/h2-6H,7-8H2,1H3,(H2,19,22)(H2,20,23). The number of rotatable bonds is 6. The molecule has 6 nitrogen and oxygen atoms in total. The van der Waals surface area contributed by atoms with Crippen molar-refractivity contribution in [1.82, 2.24) is 4.90 Å². The van der Waals surface area contributed by atoms with Crippen LogP contribution >= 0.6 is 0 Å². The highest BCUT2D eigenvalue weighted by Gasteiger charge is 2.30. The average molecular weight is 343 g/mol. The Morgan fingerprint density at radius 2 is 1.50 bits per heavy atom. The summed E-state index contributed by atoms with van der Waals surface area (Å²) in [7, 11) is 0. The number of benzene rings is 1. The van der Waals surface area contributed by atoms with Crippen molar-refractivity contribution >= 4 is 23.3 Å². The molecule has 0 aliphatic carbocycles. The van der Waals surface area contributed by atoms with Crippen molar-refractivity contribution < 1.29 is 27.6 Å². The van der Waals surface area contributed by atoms with E-state index in [4.69, 9.17) is 11.5 Å². The van der Waals surface area contributed by atoms with Crippen LogP contribution in [0.4, 0.5) is 13.2 Å². The molecule has 9 heteroatoms. The second-order valence-electron chi connectivity index (χ2n) is 5.03. The number of carbonyl (C=O) groups excluding carboxylic acids is 3. The highest BCUT2D eigenvalue weighted by atomic mass is 19.4. The Labute approximate surface area is 135 Å². The fourth-order valence-electron chi connectivity index (χ4n) is 1.87. The number of carbonyl (C=O) groups is 3. The SMILES string of the molecule is CC(=CC(=O)N(CC(N)=O)CC(N)=O)c1ccc(C(F)(F)F)cc1. The summed E-state index contributed by atoms with van der Waals surface area (Å²) in [5.41, 5.74) is 9.92. The van der Waals surface area contributed by atoms with Crippen molar-refractivity contribution in [3.8, 4) is 0 Å². The molecule has 1 rings (SSSR count). The summed E-state index contributed by atoms with van der Waals surface area (Å²) in [6, 6.07) is 4.21. The number of halogens is 3. The summed E-state index contributed by atoms with van der Waals surface area (Å²) in [4.78, 5) is 34.8. The first kappa shape index (κ1) is 19.2. The maximum atomic E-state index is 12.5. The summed E-state index contributed by atoms with van der Waals surface area (Å²) < 4.78 is 37.5. The number of allylic oxidation sites excluding steroid dienone is 1. The third-order valence-corrected chi connectivity index (χ3v) is 3.01.